The molecule has 1 atom stereocenters. The van der Waals surface area contributed by atoms with E-state index in [1.54, 1.807) is 23.9 Å². The van der Waals surface area contributed by atoms with Gasteiger partial charge in [-0.1, -0.05) is 19.9 Å². The number of hydrogen-bond donors (Lipinski definition) is 0. The highest BCUT2D eigenvalue weighted by Gasteiger charge is 2.36. The average Bonchev–Trinajstić information content (AvgIpc) is 2.29. The molecule has 0 aliphatic carbocycles. The van der Waals surface area contributed by atoms with E-state index in [0.29, 0.717) is 5.25 Å². The maximum atomic E-state index is 14.3. The number of rotatable bonds is 4. The predicted molar refractivity (Wildman–Crippen MR) is 75.6 cm³/mol. The van der Waals surface area contributed by atoms with Gasteiger partial charge in [0.2, 0.25) is 5.67 Å². The topological polar surface area (TPSA) is 26.3 Å². The van der Waals surface area contributed by atoms with Crippen molar-refractivity contribution in [3.05, 3.63) is 28.2 Å². The second-order valence-electron chi connectivity index (χ2n) is 4.31. The molecule has 1 aromatic carbocycles. The molecule has 0 amide bonds. The van der Waals surface area contributed by atoms with Gasteiger partial charge in [-0.15, -0.1) is 11.8 Å². The summed E-state index contributed by atoms with van der Waals surface area (Å²) in [7, 11) is 1.18. The van der Waals surface area contributed by atoms with Crippen LogP contribution in [0.4, 0.5) is 4.39 Å². The number of carbonyl (C=O) groups excluding carboxylic acids is 1. The lowest BCUT2D eigenvalue weighted by Crippen LogP contribution is -2.28. The highest BCUT2D eigenvalue weighted by atomic mass is 79.9. The molecule has 18 heavy (non-hydrogen) atoms. The maximum Gasteiger partial charge on any atom is 0.348 e. The molecular weight excluding hydrogens is 319 g/mol. The van der Waals surface area contributed by atoms with E-state index in [2.05, 4.69) is 34.5 Å². The number of alkyl halides is 1. The quantitative estimate of drug-likeness (QED) is 0.606. The van der Waals surface area contributed by atoms with Gasteiger partial charge >= 0.3 is 5.97 Å². The van der Waals surface area contributed by atoms with Crippen molar-refractivity contribution in [2.24, 2.45) is 0 Å². The van der Waals surface area contributed by atoms with Gasteiger partial charge in [0.15, 0.2) is 0 Å². The first kappa shape index (κ1) is 15.5. The van der Waals surface area contributed by atoms with Crippen molar-refractivity contribution in [1.29, 1.82) is 0 Å². The molecule has 1 aromatic rings. The molecule has 100 valence electrons. The lowest BCUT2D eigenvalue weighted by molar-refractivity contribution is -0.154. The van der Waals surface area contributed by atoms with Gasteiger partial charge in [-0.3, -0.25) is 0 Å². The monoisotopic (exact) mass is 334 g/mol. The standard InChI is InChI=1S/C13H16BrFO2S/c1-8(2)18-11-6-5-9(7-10(11)14)13(3,15)12(16)17-4/h5-8H,1-4H3. The average molecular weight is 335 g/mol. The lowest BCUT2D eigenvalue weighted by atomic mass is 9.98. The highest BCUT2D eigenvalue weighted by molar-refractivity contribution is 9.10. The van der Waals surface area contributed by atoms with Crippen molar-refractivity contribution in [3.63, 3.8) is 0 Å². The minimum atomic E-state index is -2.13. The summed E-state index contributed by atoms with van der Waals surface area (Å²) < 4.78 is 19.5. The molecular formula is C13H16BrFO2S. The molecule has 0 radical (unpaired) electrons. The Hall–Kier alpha value is -0.550. The van der Waals surface area contributed by atoms with Crippen LogP contribution >= 0.6 is 27.7 Å². The molecule has 0 saturated carbocycles. The fourth-order valence-corrected chi connectivity index (χ4v) is 2.94. The maximum absolute atomic E-state index is 14.3. The first-order chi connectivity index (χ1) is 8.28. The zero-order valence-corrected chi connectivity index (χ0v) is 13.2. The first-order valence-corrected chi connectivity index (χ1v) is 7.20. The summed E-state index contributed by atoms with van der Waals surface area (Å²) in [5.74, 6) is -0.890. The Balaban J connectivity index is 3.07. The summed E-state index contributed by atoms with van der Waals surface area (Å²) in [6, 6.07) is 5.05. The SMILES string of the molecule is COC(=O)C(C)(F)c1ccc(SC(C)C)c(Br)c1. The minimum absolute atomic E-state index is 0.286. The molecule has 0 fully saturated rings. The smallest absolute Gasteiger partial charge is 0.348 e. The molecule has 1 unspecified atom stereocenters. The summed E-state index contributed by atoms with van der Waals surface area (Å²) in [6.07, 6.45) is 0. The fourth-order valence-electron chi connectivity index (χ4n) is 1.45. The van der Waals surface area contributed by atoms with Gasteiger partial charge in [0.05, 0.1) is 7.11 Å². The van der Waals surface area contributed by atoms with E-state index < -0.39 is 11.6 Å². The minimum Gasteiger partial charge on any atom is -0.466 e. The van der Waals surface area contributed by atoms with Crippen LogP contribution in [0.5, 0.6) is 0 Å². The molecule has 2 nitrogen and oxygen atoms in total. The molecule has 0 bridgehead atoms. The highest BCUT2D eigenvalue weighted by Crippen LogP contribution is 2.35. The number of esters is 1. The van der Waals surface area contributed by atoms with Crippen molar-refractivity contribution in [1.82, 2.24) is 0 Å². The molecule has 0 spiro atoms. The number of ether oxygens (including phenoxy) is 1. The summed E-state index contributed by atoms with van der Waals surface area (Å²) in [4.78, 5) is 12.4. The van der Waals surface area contributed by atoms with Crippen molar-refractivity contribution < 1.29 is 13.9 Å². The molecule has 0 aliphatic rings. The third kappa shape index (κ3) is 3.48. The van der Waals surface area contributed by atoms with Gasteiger partial charge in [0, 0.05) is 20.2 Å². The fraction of sp³-hybridized carbons (Fsp3) is 0.462. The van der Waals surface area contributed by atoms with Crippen molar-refractivity contribution in [2.45, 2.75) is 36.6 Å². The van der Waals surface area contributed by atoms with Crippen LogP contribution in [0.3, 0.4) is 0 Å². The van der Waals surface area contributed by atoms with Crippen LogP contribution in [0.1, 0.15) is 26.3 Å². The molecule has 0 heterocycles. The molecule has 0 N–H and O–H groups in total. The van der Waals surface area contributed by atoms with Crippen LogP contribution in [0, 0.1) is 0 Å². The van der Waals surface area contributed by atoms with Crippen LogP contribution in [0.25, 0.3) is 0 Å². The van der Waals surface area contributed by atoms with E-state index in [4.69, 9.17) is 0 Å². The Labute approximate surface area is 119 Å². The van der Waals surface area contributed by atoms with Crippen molar-refractivity contribution >= 4 is 33.7 Å². The van der Waals surface area contributed by atoms with Gasteiger partial charge in [-0.2, -0.15) is 0 Å². The number of hydrogen-bond acceptors (Lipinski definition) is 3. The van der Waals surface area contributed by atoms with E-state index >= 15 is 0 Å². The van der Waals surface area contributed by atoms with Gasteiger partial charge in [0.1, 0.15) is 0 Å². The van der Waals surface area contributed by atoms with Gasteiger partial charge in [-0.25, -0.2) is 9.18 Å². The van der Waals surface area contributed by atoms with Crippen LogP contribution in [0.15, 0.2) is 27.6 Å². The number of halogens is 2. The van der Waals surface area contributed by atoms with Gasteiger partial charge in [-0.05, 0) is 35.0 Å². The summed E-state index contributed by atoms with van der Waals surface area (Å²) in [5.41, 5.74) is -1.84. The molecule has 5 heteroatoms. The molecule has 0 saturated heterocycles. The number of thioether (sulfide) groups is 1. The van der Waals surface area contributed by atoms with Crippen molar-refractivity contribution in [3.8, 4) is 0 Å². The van der Waals surface area contributed by atoms with E-state index in [-0.39, 0.29) is 5.56 Å². The third-order valence-corrected chi connectivity index (χ3v) is 4.41. The van der Waals surface area contributed by atoms with Crippen LogP contribution < -0.4 is 0 Å². The lowest BCUT2D eigenvalue weighted by Gasteiger charge is -2.19. The number of benzene rings is 1. The Bertz CT molecular complexity index is 447. The zero-order chi connectivity index (χ0) is 13.9. The van der Waals surface area contributed by atoms with E-state index in [9.17, 15) is 9.18 Å². The van der Waals surface area contributed by atoms with E-state index in [0.717, 1.165) is 9.37 Å². The summed E-state index contributed by atoms with van der Waals surface area (Å²) in [6.45, 7) is 5.37. The second kappa shape index (κ2) is 6.06. The van der Waals surface area contributed by atoms with Crippen molar-refractivity contribution in [2.75, 3.05) is 7.11 Å². The second-order valence-corrected chi connectivity index (χ2v) is 6.78. The zero-order valence-electron chi connectivity index (χ0n) is 10.8. The third-order valence-electron chi connectivity index (χ3n) is 2.41. The number of methoxy groups -OCH3 is 1. The summed E-state index contributed by atoms with van der Waals surface area (Å²) >= 11 is 5.07. The van der Waals surface area contributed by atoms with Crippen LogP contribution in [-0.4, -0.2) is 18.3 Å². The van der Waals surface area contributed by atoms with Crippen LogP contribution in [0.2, 0.25) is 0 Å². The van der Waals surface area contributed by atoms with E-state index in [1.807, 2.05) is 6.07 Å². The van der Waals surface area contributed by atoms with Crippen LogP contribution in [-0.2, 0) is 15.2 Å². The Kier molecular flexibility index (Phi) is 5.22. The normalized spacial score (nSPS) is 14.4. The Morgan fingerprint density at radius 3 is 2.56 bits per heavy atom. The Morgan fingerprint density at radius 2 is 2.11 bits per heavy atom. The van der Waals surface area contributed by atoms with Gasteiger partial charge < -0.3 is 4.74 Å². The first-order valence-electron chi connectivity index (χ1n) is 5.53. The molecule has 0 aromatic heterocycles. The Morgan fingerprint density at radius 1 is 1.50 bits per heavy atom. The molecule has 0 aliphatic heterocycles. The van der Waals surface area contributed by atoms with E-state index in [1.165, 1.54) is 14.0 Å². The summed E-state index contributed by atoms with van der Waals surface area (Å²) in [5, 5.41) is 0.435. The van der Waals surface area contributed by atoms with Gasteiger partial charge in [0.25, 0.3) is 0 Å². The number of carbonyl (C=O) groups is 1. The molecule has 1 rings (SSSR count). The predicted octanol–water partition coefficient (Wildman–Crippen LogP) is 4.31. The largest absolute Gasteiger partial charge is 0.466 e.